The molecule has 0 saturated carbocycles. The summed E-state index contributed by atoms with van der Waals surface area (Å²) >= 11 is 0. The predicted molar refractivity (Wildman–Crippen MR) is 38.3 cm³/mol. The Morgan fingerprint density at radius 3 is 2.67 bits per heavy atom. The molecule has 1 rings (SSSR count). The summed E-state index contributed by atoms with van der Waals surface area (Å²) in [4.78, 5) is 0. The lowest BCUT2D eigenvalue weighted by molar-refractivity contribution is 0.712. The van der Waals surface area contributed by atoms with Crippen molar-refractivity contribution in [3.8, 4) is 0 Å². The van der Waals surface area contributed by atoms with E-state index in [2.05, 4.69) is 5.10 Å². The van der Waals surface area contributed by atoms with Crippen molar-refractivity contribution in [3.05, 3.63) is 18.0 Å². The van der Waals surface area contributed by atoms with Crippen LogP contribution >= 0.6 is 12.4 Å². The van der Waals surface area contributed by atoms with E-state index >= 15 is 0 Å². The van der Waals surface area contributed by atoms with E-state index in [9.17, 15) is 0 Å². The molecule has 0 spiro atoms. The van der Waals surface area contributed by atoms with Crippen LogP contribution in [0.2, 0.25) is 0 Å². The van der Waals surface area contributed by atoms with Crippen molar-refractivity contribution in [2.75, 3.05) is 0 Å². The first-order valence-corrected chi connectivity index (χ1v) is 2.51. The van der Waals surface area contributed by atoms with Crippen LogP contribution in [0.3, 0.4) is 0 Å². The number of aryl methyl sites for hydroxylation is 1. The molecular weight excluding hydrogens is 138 g/mol. The highest BCUT2D eigenvalue weighted by atomic mass is 35.5. The monoisotopic (exact) mass is 147 g/mol. The Morgan fingerprint density at radius 1 is 1.78 bits per heavy atom. The van der Waals surface area contributed by atoms with E-state index < -0.39 is 0 Å². The largest absolute Gasteiger partial charge is 0.325 e. The number of hydrogen-bond donors (Lipinski definition) is 1. The zero-order valence-electron chi connectivity index (χ0n) is 5.24. The zero-order chi connectivity index (χ0) is 5.98. The third-order valence-corrected chi connectivity index (χ3v) is 1.13. The highest BCUT2D eigenvalue weighted by Gasteiger charge is 1.90. The minimum absolute atomic E-state index is 0. The van der Waals surface area contributed by atoms with Gasteiger partial charge in [0.25, 0.3) is 0 Å². The maximum Gasteiger partial charge on any atom is 0.0516 e. The van der Waals surface area contributed by atoms with Crippen LogP contribution in [0.1, 0.15) is 5.69 Å². The number of aromatic nitrogens is 2. The van der Waals surface area contributed by atoms with Crippen LogP contribution in [0.4, 0.5) is 0 Å². The number of halogens is 1. The van der Waals surface area contributed by atoms with Gasteiger partial charge in [0.2, 0.25) is 0 Å². The van der Waals surface area contributed by atoms with E-state index in [0.29, 0.717) is 6.54 Å². The van der Waals surface area contributed by atoms with Gasteiger partial charge in [0, 0.05) is 19.8 Å². The van der Waals surface area contributed by atoms with Crippen LogP contribution in [0.15, 0.2) is 12.3 Å². The molecular formula is C5H10ClN3. The molecule has 1 heterocycles. The summed E-state index contributed by atoms with van der Waals surface area (Å²) in [5.74, 6) is 0. The number of hydrogen-bond acceptors (Lipinski definition) is 2. The Kier molecular flexibility index (Phi) is 3.27. The molecule has 0 atom stereocenters. The molecule has 0 aromatic carbocycles. The molecule has 0 unspecified atom stereocenters. The summed E-state index contributed by atoms with van der Waals surface area (Å²) in [5, 5.41) is 3.92. The summed E-state index contributed by atoms with van der Waals surface area (Å²) < 4.78 is 1.76. The molecule has 3 nitrogen and oxygen atoms in total. The van der Waals surface area contributed by atoms with Gasteiger partial charge >= 0.3 is 0 Å². The third-order valence-electron chi connectivity index (χ3n) is 1.13. The Labute approximate surface area is 60.3 Å². The first kappa shape index (κ1) is 8.46. The quantitative estimate of drug-likeness (QED) is 0.621. The van der Waals surface area contributed by atoms with Crippen molar-refractivity contribution < 1.29 is 0 Å². The van der Waals surface area contributed by atoms with E-state index in [0.717, 1.165) is 5.69 Å². The SMILES string of the molecule is Cl.Cn1nccc1CN. The molecule has 9 heavy (non-hydrogen) atoms. The molecule has 0 fully saturated rings. The molecule has 0 saturated heterocycles. The smallest absolute Gasteiger partial charge is 0.0516 e. The van der Waals surface area contributed by atoms with Crippen molar-refractivity contribution in [2.24, 2.45) is 12.8 Å². The molecule has 0 amide bonds. The van der Waals surface area contributed by atoms with Gasteiger partial charge in [0.15, 0.2) is 0 Å². The van der Waals surface area contributed by atoms with E-state index in [4.69, 9.17) is 5.73 Å². The van der Waals surface area contributed by atoms with Gasteiger partial charge in [-0.05, 0) is 6.07 Å². The van der Waals surface area contributed by atoms with Gasteiger partial charge in [-0.3, -0.25) is 4.68 Å². The number of nitrogens with two attached hydrogens (primary N) is 1. The minimum Gasteiger partial charge on any atom is -0.325 e. The minimum atomic E-state index is 0. The summed E-state index contributed by atoms with van der Waals surface area (Å²) in [6.07, 6.45) is 1.74. The van der Waals surface area contributed by atoms with Crippen molar-refractivity contribution >= 4 is 12.4 Å². The Bertz CT molecular complexity index is 172. The van der Waals surface area contributed by atoms with Gasteiger partial charge in [0.1, 0.15) is 0 Å². The van der Waals surface area contributed by atoms with Gasteiger partial charge in [-0.25, -0.2) is 0 Å². The molecule has 1 aromatic rings. The Morgan fingerprint density at radius 2 is 2.44 bits per heavy atom. The zero-order valence-corrected chi connectivity index (χ0v) is 6.06. The number of nitrogens with zero attached hydrogens (tertiary/aromatic N) is 2. The highest BCUT2D eigenvalue weighted by molar-refractivity contribution is 5.85. The average Bonchev–Trinajstić information content (AvgIpc) is 2.14. The van der Waals surface area contributed by atoms with Gasteiger partial charge in [-0.15, -0.1) is 12.4 Å². The van der Waals surface area contributed by atoms with Crippen LogP contribution < -0.4 is 5.73 Å². The van der Waals surface area contributed by atoms with Crippen LogP contribution in [0, 0.1) is 0 Å². The first-order chi connectivity index (χ1) is 3.84. The van der Waals surface area contributed by atoms with Crippen LogP contribution in [0.5, 0.6) is 0 Å². The topological polar surface area (TPSA) is 43.8 Å². The van der Waals surface area contributed by atoms with Crippen molar-refractivity contribution in [3.63, 3.8) is 0 Å². The first-order valence-electron chi connectivity index (χ1n) is 2.51. The van der Waals surface area contributed by atoms with Gasteiger partial charge in [-0.1, -0.05) is 0 Å². The van der Waals surface area contributed by atoms with Crippen LogP contribution in [0.25, 0.3) is 0 Å². The normalized spacial score (nSPS) is 8.67. The second kappa shape index (κ2) is 3.48. The lowest BCUT2D eigenvalue weighted by Crippen LogP contribution is -2.03. The third kappa shape index (κ3) is 1.69. The fraction of sp³-hybridized carbons (Fsp3) is 0.400. The molecule has 0 radical (unpaired) electrons. The summed E-state index contributed by atoms with van der Waals surface area (Å²) in [5.41, 5.74) is 6.39. The van der Waals surface area contributed by atoms with Crippen molar-refractivity contribution in [1.82, 2.24) is 9.78 Å². The highest BCUT2D eigenvalue weighted by Crippen LogP contribution is 1.91. The summed E-state index contributed by atoms with van der Waals surface area (Å²) in [6.45, 7) is 0.566. The second-order valence-electron chi connectivity index (χ2n) is 1.65. The van der Waals surface area contributed by atoms with Gasteiger partial charge in [-0.2, -0.15) is 5.10 Å². The lowest BCUT2D eigenvalue weighted by atomic mass is 10.4. The fourth-order valence-corrected chi connectivity index (χ4v) is 0.602. The van der Waals surface area contributed by atoms with Crippen molar-refractivity contribution in [1.29, 1.82) is 0 Å². The van der Waals surface area contributed by atoms with Crippen molar-refractivity contribution in [2.45, 2.75) is 6.54 Å². The maximum atomic E-state index is 5.33. The number of rotatable bonds is 1. The van der Waals surface area contributed by atoms with Crippen LogP contribution in [-0.2, 0) is 13.6 Å². The Balaban J connectivity index is 0.000000640. The molecule has 1 aromatic heterocycles. The van der Waals surface area contributed by atoms with Gasteiger partial charge in [0.05, 0.1) is 5.69 Å². The maximum absolute atomic E-state index is 5.33. The average molecular weight is 148 g/mol. The predicted octanol–water partition coefficient (Wildman–Crippen LogP) is 0.301. The Hall–Kier alpha value is -0.540. The summed E-state index contributed by atoms with van der Waals surface area (Å²) in [6, 6.07) is 1.90. The standard InChI is InChI=1S/C5H9N3.ClH/c1-8-5(4-6)2-3-7-8;/h2-3H,4,6H2,1H3;1H. The van der Waals surface area contributed by atoms with Crippen LogP contribution in [-0.4, -0.2) is 9.78 Å². The lowest BCUT2D eigenvalue weighted by Gasteiger charge is -1.92. The molecule has 4 heteroatoms. The molecule has 2 N–H and O–H groups in total. The molecule has 0 bridgehead atoms. The summed E-state index contributed by atoms with van der Waals surface area (Å²) in [7, 11) is 1.88. The molecule has 0 aliphatic heterocycles. The molecule has 52 valence electrons. The van der Waals surface area contributed by atoms with E-state index in [1.54, 1.807) is 10.9 Å². The molecule has 0 aliphatic rings. The fourth-order valence-electron chi connectivity index (χ4n) is 0.602. The van der Waals surface area contributed by atoms with E-state index in [-0.39, 0.29) is 12.4 Å². The molecule has 0 aliphatic carbocycles. The van der Waals surface area contributed by atoms with E-state index in [1.807, 2.05) is 13.1 Å². The second-order valence-corrected chi connectivity index (χ2v) is 1.65. The van der Waals surface area contributed by atoms with Gasteiger partial charge < -0.3 is 5.73 Å². The van der Waals surface area contributed by atoms with E-state index in [1.165, 1.54) is 0 Å².